The van der Waals surface area contributed by atoms with Gasteiger partial charge in [0.25, 0.3) is 0 Å². The van der Waals surface area contributed by atoms with E-state index < -0.39 is 9.84 Å². The Morgan fingerprint density at radius 1 is 0.941 bits per heavy atom. The molecule has 2 aromatic rings. The van der Waals surface area contributed by atoms with Crippen LogP contribution in [0.4, 0.5) is 5.82 Å². The van der Waals surface area contributed by atoms with Crippen LogP contribution in [0.15, 0.2) is 35.4 Å². The van der Waals surface area contributed by atoms with Crippen LogP contribution in [0.25, 0.3) is 0 Å². The highest BCUT2D eigenvalue weighted by molar-refractivity contribution is 7.92. The van der Waals surface area contributed by atoms with Gasteiger partial charge in [0.1, 0.15) is 5.82 Å². The Balaban J connectivity index is 1.02. The number of ether oxygens (including phenoxy) is 2. The molecular weight excluding hydrogens is 452 g/mol. The van der Waals surface area contributed by atoms with Crippen LogP contribution in [0.5, 0.6) is 11.5 Å². The van der Waals surface area contributed by atoms with Crippen molar-refractivity contribution in [2.24, 2.45) is 11.8 Å². The van der Waals surface area contributed by atoms with Crippen LogP contribution in [-0.2, 0) is 16.4 Å². The van der Waals surface area contributed by atoms with E-state index in [1.165, 1.54) is 5.56 Å². The number of fused-ring (bicyclic) bond motifs is 2. The number of nitrogens with one attached hydrogen (secondary N) is 1. The fourth-order valence-corrected chi connectivity index (χ4v) is 7.95. The third kappa shape index (κ3) is 4.35. The number of nitrogens with zero attached hydrogens (tertiary/aromatic N) is 3. The highest BCUT2D eigenvalue weighted by Gasteiger charge is 2.41. The monoisotopic (exact) mass is 484 g/mol. The van der Waals surface area contributed by atoms with E-state index in [0.717, 1.165) is 76.1 Å². The summed E-state index contributed by atoms with van der Waals surface area (Å²) in [5.41, 5.74) is 1.26. The summed E-state index contributed by atoms with van der Waals surface area (Å²) in [4.78, 5) is 2.54. The first-order chi connectivity index (χ1) is 16.5. The van der Waals surface area contributed by atoms with E-state index in [1.807, 2.05) is 6.07 Å². The van der Waals surface area contributed by atoms with Crippen LogP contribution < -0.4 is 14.8 Å². The first-order valence-corrected chi connectivity index (χ1v) is 14.0. The number of hydrogen-bond acceptors (Lipinski definition) is 8. The van der Waals surface area contributed by atoms with Crippen LogP contribution in [0.2, 0.25) is 0 Å². The van der Waals surface area contributed by atoms with E-state index >= 15 is 0 Å². The lowest BCUT2D eigenvalue weighted by Gasteiger charge is -2.21. The normalized spacial score (nSPS) is 27.1. The first kappa shape index (κ1) is 22.1. The van der Waals surface area contributed by atoms with Gasteiger partial charge in [0.05, 0.1) is 5.25 Å². The van der Waals surface area contributed by atoms with Gasteiger partial charge in [-0.25, -0.2) is 8.42 Å². The summed E-state index contributed by atoms with van der Waals surface area (Å²) in [5.74, 6) is 3.69. The third-order valence-electron chi connectivity index (χ3n) is 7.94. The molecule has 1 aromatic carbocycles. The molecule has 182 valence electrons. The largest absolute Gasteiger partial charge is 0.454 e. The molecule has 2 aliphatic heterocycles. The highest BCUT2D eigenvalue weighted by Crippen LogP contribution is 2.40. The van der Waals surface area contributed by atoms with Crippen molar-refractivity contribution in [3.63, 3.8) is 0 Å². The number of likely N-dealkylation sites (tertiary alicyclic amines) is 1. The quantitative estimate of drug-likeness (QED) is 0.664. The molecule has 0 bridgehead atoms. The molecule has 3 atom stereocenters. The Morgan fingerprint density at radius 2 is 1.71 bits per heavy atom. The summed E-state index contributed by atoms with van der Waals surface area (Å²) in [7, 11) is -3.38. The molecule has 1 N–H and O–H groups in total. The molecule has 8 nitrogen and oxygen atoms in total. The van der Waals surface area contributed by atoms with Crippen molar-refractivity contribution in [3.8, 4) is 11.5 Å². The molecule has 3 fully saturated rings. The number of sulfone groups is 1. The Kier molecular flexibility index (Phi) is 5.85. The lowest BCUT2D eigenvalue weighted by Crippen LogP contribution is -2.26. The zero-order chi connectivity index (χ0) is 23.1. The summed E-state index contributed by atoms with van der Waals surface area (Å²) in [6, 6.07) is 9.99. The summed E-state index contributed by atoms with van der Waals surface area (Å²) < 4.78 is 36.6. The van der Waals surface area contributed by atoms with Crippen molar-refractivity contribution in [2.45, 2.75) is 67.8 Å². The van der Waals surface area contributed by atoms with Gasteiger partial charge in [-0.3, -0.25) is 4.90 Å². The lowest BCUT2D eigenvalue weighted by atomic mass is 10.0. The standard InChI is InChI=1S/C25H32N4O4S/c30-34(31,21-4-2-1-3-5-21)25-9-8-24(27-28-25)26-20-11-18-14-29(15-19(18)12-20)13-17-6-7-22-23(10-17)33-16-32-22/h6-10,18-21H,1-5,11-16H2,(H,26,27)/t18-,19+,20+. The third-order valence-corrected chi connectivity index (χ3v) is 10.1. The van der Waals surface area contributed by atoms with Gasteiger partial charge < -0.3 is 14.8 Å². The second kappa shape index (κ2) is 9.00. The summed E-state index contributed by atoms with van der Waals surface area (Å²) >= 11 is 0. The SMILES string of the molecule is O=S(=O)(c1ccc(N[C@H]2C[C@@H]3CN(Cc4ccc5c(c4)OCO5)C[C@@H]3C2)nn1)C1CCCCC1. The van der Waals surface area contributed by atoms with Gasteiger partial charge in [0.15, 0.2) is 26.4 Å². The first-order valence-electron chi connectivity index (χ1n) is 12.5. The maximum absolute atomic E-state index is 12.9. The van der Waals surface area contributed by atoms with E-state index in [2.05, 4.69) is 32.5 Å². The Hall–Kier alpha value is -2.39. The fraction of sp³-hybridized carbons (Fsp3) is 0.600. The van der Waals surface area contributed by atoms with Crippen LogP contribution in [0.3, 0.4) is 0 Å². The van der Waals surface area contributed by atoms with Crippen molar-refractivity contribution in [1.29, 1.82) is 0 Å². The number of hydrogen-bond donors (Lipinski definition) is 1. The number of benzene rings is 1. The smallest absolute Gasteiger partial charge is 0.231 e. The Labute approximate surface area is 201 Å². The molecule has 2 aliphatic carbocycles. The number of aromatic nitrogens is 2. The molecule has 0 amide bonds. The predicted octanol–water partition coefficient (Wildman–Crippen LogP) is 3.63. The molecule has 0 spiro atoms. The molecule has 1 saturated heterocycles. The van der Waals surface area contributed by atoms with Gasteiger partial charge in [-0.15, -0.1) is 10.2 Å². The molecule has 3 heterocycles. The van der Waals surface area contributed by atoms with Crippen molar-refractivity contribution < 1.29 is 17.9 Å². The van der Waals surface area contributed by atoms with Crippen molar-refractivity contribution >= 4 is 15.7 Å². The zero-order valence-corrected chi connectivity index (χ0v) is 20.2. The summed E-state index contributed by atoms with van der Waals surface area (Å²) in [5, 5.41) is 11.6. The molecule has 2 saturated carbocycles. The van der Waals surface area contributed by atoms with Crippen LogP contribution in [0.1, 0.15) is 50.5 Å². The Morgan fingerprint density at radius 3 is 2.44 bits per heavy atom. The highest BCUT2D eigenvalue weighted by atomic mass is 32.2. The molecule has 4 aliphatic rings. The van der Waals surface area contributed by atoms with E-state index in [1.54, 1.807) is 12.1 Å². The molecule has 0 unspecified atom stereocenters. The molecule has 6 rings (SSSR count). The molecule has 9 heteroatoms. The van der Waals surface area contributed by atoms with E-state index in [4.69, 9.17) is 9.47 Å². The van der Waals surface area contributed by atoms with E-state index in [0.29, 0.717) is 30.5 Å². The summed E-state index contributed by atoms with van der Waals surface area (Å²) in [6.45, 7) is 3.44. The number of rotatable bonds is 6. The predicted molar refractivity (Wildman–Crippen MR) is 128 cm³/mol. The minimum Gasteiger partial charge on any atom is -0.454 e. The number of anilines is 1. The van der Waals surface area contributed by atoms with Gasteiger partial charge in [0, 0.05) is 25.7 Å². The average Bonchev–Trinajstić information content (AvgIpc) is 3.55. The maximum atomic E-state index is 12.9. The maximum Gasteiger partial charge on any atom is 0.231 e. The van der Waals surface area contributed by atoms with Gasteiger partial charge in [-0.1, -0.05) is 25.3 Å². The van der Waals surface area contributed by atoms with Gasteiger partial charge >= 0.3 is 0 Å². The molecule has 0 radical (unpaired) electrons. The second-order valence-electron chi connectivity index (χ2n) is 10.3. The van der Waals surface area contributed by atoms with Gasteiger partial charge in [-0.2, -0.15) is 0 Å². The van der Waals surface area contributed by atoms with Crippen molar-refractivity contribution in [3.05, 3.63) is 35.9 Å². The Bertz CT molecular complexity index is 1120. The molecule has 34 heavy (non-hydrogen) atoms. The zero-order valence-electron chi connectivity index (χ0n) is 19.4. The van der Waals surface area contributed by atoms with E-state index in [-0.39, 0.29) is 10.3 Å². The van der Waals surface area contributed by atoms with Gasteiger partial charge in [-0.05, 0) is 67.3 Å². The minimum atomic E-state index is -3.38. The molecule has 1 aromatic heterocycles. The average molecular weight is 485 g/mol. The topological polar surface area (TPSA) is 93.7 Å². The minimum absolute atomic E-state index is 0.118. The van der Waals surface area contributed by atoms with Crippen LogP contribution in [-0.4, -0.2) is 54.7 Å². The molecular formula is C25H32N4O4S. The van der Waals surface area contributed by atoms with Crippen molar-refractivity contribution in [1.82, 2.24) is 15.1 Å². The fourth-order valence-electron chi connectivity index (χ4n) is 6.25. The second-order valence-corrected chi connectivity index (χ2v) is 12.5. The van der Waals surface area contributed by atoms with Gasteiger partial charge in [0.2, 0.25) is 6.79 Å². The van der Waals surface area contributed by atoms with Crippen LogP contribution >= 0.6 is 0 Å². The summed E-state index contributed by atoms with van der Waals surface area (Å²) in [6.07, 6.45) is 6.77. The lowest BCUT2D eigenvalue weighted by molar-refractivity contribution is 0.174. The van der Waals surface area contributed by atoms with Crippen molar-refractivity contribution in [2.75, 3.05) is 25.2 Å². The van der Waals surface area contributed by atoms with Crippen LogP contribution in [0, 0.1) is 11.8 Å². The van der Waals surface area contributed by atoms with E-state index in [9.17, 15) is 8.42 Å².